The maximum atomic E-state index is 5.51. The van der Waals surface area contributed by atoms with Gasteiger partial charge in [-0.1, -0.05) is 0 Å². The molecule has 1 unspecified atom stereocenters. The molecule has 0 aromatic carbocycles. The van der Waals surface area contributed by atoms with E-state index in [1.807, 2.05) is 0 Å². The standard InChI is InChI=1S/C7H15NO/c1-7(6-8)4-2-3-5-9-7/h2-6,8H2,1H3. The summed E-state index contributed by atoms with van der Waals surface area (Å²) in [6.45, 7) is 3.65. The van der Waals surface area contributed by atoms with Crippen LogP contribution in [0.25, 0.3) is 0 Å². The van der Waals surface area contributed by atoms with Gasteiger partial charge in [-0.15, -0.1) is 0 Å². The molecular formula is C7H15NO. The minimum atomic E-state index is -0.00174. The van der Waals surface area contributed by atoms with Gasteiger partial charge in [0.2, 0.25) is 0 Å². The minimum absolute atomic E-state index is 0.00174. The van der Waals surface area contributed by atoms with Crippen LogP contribution >= 0.6 is 0 Å². The van der Waals surface area contributed by atoms with Crippen LogP contribution in [-0.2, 0) is 4.74 Å². The van der Waals surface area contributed by atoms with E-state index in [0.29, 0.717) is 6.54 Å². The zero-order valence-corrected chi connectivity index (χ0v) is 6.02. The molecule has 1 fully saturated rings. The van der Waals surface area contributed by atoms with Crippen molar-refractivity contribution in [1.29, 1.82) is 0 Å². The molecule has 0 spiro atoms. The molecule has 0 bridgehead atoms. The Hall–Kier alpha value is -0.0800. The van der Waals surface area contributed by atoms with Gasteiger partial charge in [-0.25, -0.2) is 0 Å². The molecule has 1 aliphatic heterocycles. The Labute approximate surface area is 56.4 Å². The van der Waals surface area contributed by atoms with Crippen LogP contribution in [-0.4, -0.2) is 18.8 Å². The van der Waals surface area contributed by atoms with Gasteiger partial charge in [0.1, 0.15) is 0 Å². The van der Waals surface area contributed by atoms with E-state index in [-0.39, 0.29) is 5.60 Å². The Kier molecular flexibility index (Phi) is 2.09. The lowest BCUT2D eigenvalue weighted by Gasteiger charge is -2.32. The number of hydrogen-bond donors (Lipinski definition) is 1. The highest BCUT2D eigenvalue weighted by Gasteiger charge is 2.25. The van der Waals surface area contributed by atoms with Crippen molar-refractivity contribution in [3.8, 4) is 0 Å². The smallest absolute Gasteiger partial charge is 0.0776 e. The van der Waals surface area contributed by atoms with Crippen molar-refractivity contribution in [2.45, 2.75) is 31.8 Å². The van der Waals surface area contributed by atoms with Crippen LogP contribution in [0, 0.1) is 0 Å². The number of hydrogen-bond acceptors (Lipinski definition) is 2. The summed E-state index contributed by atoms with van der Waals surface area (Å²) in [5.74, 6) is 0. The third kappa shape index (κ3) is 1.66. The number of ether oxygens (including phenoxy) is 1. The summed E-state index contributed by atoms with van der Waals surface area (Å²) in [4.78, 5) is 0. The molecule has 9 heavy (non-hydrogen) atoms. The largest absolute Gasteiger partial charge is 0.374 e. The molecule has 0 aromatic heterocycles. The molecular weight excluding hydrogens is 114 g/mol. The van der Waals surface area contributed by atoms with Crippen molar-refractivity contribution in [3.63, 3.8) is 0 Å². The van der Waals surface area contributed by atoms with Crippen molar-refractivity contribution in [2.24, 2.45) is 5.73 Å². The van der Waals surface area contributed by atoms with E-state index in [4.69, 9.17) is 10.5 Å². The summed E-state index contributed by atoms with van der Waals surface area (Å²) < 4.78 is 5.49. The third-order valence-electron chi connectivity index (χ3n) is 1.98. The Bertz CT molecular complexity index is 86.9. The molecule has 1 heterocycles. The summed E-state index contributed by atoms with van der Waals surface area (Å²) >= 11 is 0. The van der Waals surface area contributed by atoms with Crippen LogP contribution in [0.3, 0.4) is 0 Å². The molecule has 0 aromatic rings. The summed E-state index contributed by atoms with van der Waals surface area (Å²) in [5, 5.41) is 0. The SMILES string of the molecule is CC1(CN)CCCCO1. The Morgan fingerprint density at radius 1 is 1.56 bits per heavy atom. The second-order valence-electron chi connectivity index (χ2n) is 2.96. The molecule has 0 radical (unpaired) electrons. The lowest BCUT2D eigenvalue weighted by Crippen LogP contribution is -2.40. The van der Waals surface area contributed by atoms with Gasteiger partial charge in [0, 0.05) is 13.2 Å². The van der Waals surface area contributed by atoms with Gasteiger partial charge in [0.15, 0.2) is 0 Å². The van der Waals surface area contributed by atoms with Crippen LogP contribution in [0.15, 0.2) is 0 Å². The van der Waals surface area contributed by atoms with E-state index in [1.165, 1.54) is 12.8 Å². The van der Waals surface area contributed by atoms with E-state index in [9.17, 15) is 0 Å². The molecule has 1 aliphatic rings. The average Bonchev–Trinajstić information content (AvgIpc) is 1.90. The maximum Gasteiger partial charge on any atom is 0.0776 e. The average molecular weight is 129 g/mol. The normalized spacial score (nSPS) is 36.7. The number of rotatable bonds is 1. The van der Waals surface area contributed by atoms with Crippen LogP contribution in [0.1, 0.15) is 26.2 Å². The Morgan fingerprint density at radius 2 is 2.33 bits per heavy atom. The van der Waals surface area contributed by atoms with Gasteiger partial charge in [-0.05, 0) is 26.2 Å². The van der Waals surface area contributed by atoms with Crippen LogP contribution in [0.5, 0.6) is 0 Å². The highest BCUT2D eigenvalue weighted by Crippen LogP contribution is 2.22. The quantitative estimate of drug-likeness (QED) is 0.571. The van der Waals surface area contributed by atoms with Gasteiger partial charge < -0.3 is 10.5 Å². The predicted molar refractivity (Wildman–Crippen MR) is 37.3 cm³/mol. The fraction of sp³-hybridized carbons (Fsp3) is 1.00. The lowest BCUT2D eigenvalue weighted by molar-refractivity contribution is -0.0578. The molecule has 2 heteroatoms. The molecule has 54 valence electrons. The molecule has 2 N–H and O–H groups in total. The highest BCUT2D eigenvalue weighted by atomic mass is 16.5. The number of nitrogens with two attached hydrogens (primary N) is 1. The summed E-state index contributed by atoms with van der Waals surface area (Å²) in [6.07, 6.45) is 3.60. The second-order valence-corrected chi connectivity index (χ2v) is 2.96. The monoisotopic (exact) mass is 129 g/mol. The molecule has 0 amide bonds. The topological polar surface area (TPSA) is 35.2 Å². The predicted octanol–water partition coefficient (Wildman–Crippen LogP) is 0.904. The van der Waals surface area contributed by atoms with E-state index < -0.39 is 0 Å². The van der Waals surface area contributed by atoms with Crippen LogP contribution in [0.2, 0.25) is 0 Å². The zero-order chi connectivity index (χ0) is 6.74. The highest BCUT2D eigenvalue weighted by molar-refractivity contribution is 4.78. The van der Waals surface area contributed by atoms with Crippen molar-refractivity contribution in [3.05, 3.63) is 0 Å². The zero-order valence-electron chi connectivity index (χ0n) is 6.02. The minimum Gasteiger partial charge on any atom is -0.374 e. The molecule has 1 rings (SSSR count). The summed E-state index contributed by atoms with van der Waals surface area (Å²) in [6, 6.07) is 0. The maximum absolute atomic E-state index is 5.51. The first kappa shape index (κ1) is 7.03. The second kappa shape index (κ2) is 2.67. The van der Waals surface area contributed by atoms with E-state index in [0.717, 1.165) is 13.0 Å². The lowest BCUT2D eigenvalue weighted by atomic mass is 9.96. The third-order valence-corrected chi connectivity index (χ3v) is 1.98. The summed E-state index contributed by atoms with van der Waals surface area (Å²) in [5.41, 5.74) is 5.51. The van der Waals surface area contributed by atoms with Crippen LogP contribution in [0.4, 0.5) is 0 Å². The van der Waals surface area contributed by atoms with E-state index >= 15 is 0 Å². The van der Waals surface area contributed by atoms with Gasteiger partial charge in [0.05, 0.1) is 5.60 Å². The Morgan fingerprint density at radius 3 is 2.67 bits per heavy atom. The molecule has 0 saturated carbocycles. The fourth-order valence-electron chi connectivity index (χ4n) is 1.15. The van der Waals surface area contributed by atoms with E-state index in [1.54, 1.807) is 0 Å². The molecule has 2 nitrogen and oxygen atoms in total. The van der Waals surface area contributed by atoms with Crippen molar-refractivity contribution in [1.82, 2.24) is 0 Å². The molecule has 0 aliphatic carbocycles. The Balaban J connectivity index is 2.37. The van der Waals surface area contributed by atoms with Crippen molar-refractivity contribution < 1.29 is 4.74 Å². The molecule has 1 saturated heterocycles. The van der Waals surface area contributed by atoms with Crippen molar-refractivity contribution >= 4 is 0 Å². The van der Waals surface area contributed by atoms with Crippen LogP contribution < -0.4 is 5.73 Å². The first-order valence-electron chi connectivity index (χ1n) is 3.61. The van der Waals surface area contributed by atoms with E-state index in [2.05, 4.69) is 6.92 Å². The van der Waals surface area contributed by atoms with Gasteiger partial charge in [-0.3, -0.25) is 0 Å². The first-order chi connectivity index (χ1) is 4.27. The first-order valence-corrected chi connectivity index (χ1v) is 3.61. The van der Waals surface area contributed by atoms with Gasteiger partial charge >= 0.3 is 0 Å². The molecule has 1 atom stereocenters. The van der Waals surface area contributed by atoms with Gasteiger partial charge in [-0.2, -0.15) is 0 Å². The van der Waals surface area contributed by atoms with Gasteiger partial charge in [0.25, 0.3) is 0 Å². The fourth-order valence-corrected chi connectivity index (χ4v) is 1.15. The van der Waals surface area contributed by atoms with Crippen molar-refractivity contribution in [2.75, 3.05) is 13.2 Å². The summed E-state index contributed by atoms with van der Waals surface area (Å²) in [7, 11) is 0.